The molecule has 0 aliphatic carbocycles. The summed E-state index contributed by atoms with van der Waals surface area (Å²) in [6.07, 6.45) is 8.29. The number of pyridine rings is 1. The van der Waals surface area contributed by atoms with Crippen LogP contribution < -0.4 is 5.32 Å². The van der Waals surface area contributed by atoms with Crippen molar-refractivity contribution in [2.45, 2.75) is 50.4 Å². The number of fused-ring (bicyclic) bond motifs is 1. The number of hydrogen-bond donors (Lipinski definition) is 1. The van der Waals surface area contributed by atoms with Gasteiger partial charge in [0.2, 0.25) is 0 Å². The van der Waals surface area contributed by atoms with E-state index in [-0.39, 0.29) is 11.5 Å². The molecule has 2 bridgehead atoms. The van der Waals surface area contributed by atoms with Crippen LogP contribution in [0.4, 0.5) is 0 Å². The minimum Gasteiger partial charge on any atom is -0.381 e. The molecule has 5 heterocycles. The first-order chi connectivity index (χ1) is 13.1. The average molecular weight is 371 g/mol. The van der Waals surface area contributed by atoms with Gasteiger partial charge in [0.1, 0.15) is 0 Å². The van der Waals surface area contributed by atoms with Crippen LogP contribution >= 0.6 is 0 Å². The van der Waals surface area contributed by atoms with Crippen LogP contribution in [0.2, 0.25) is 0 Å². The van der Waals surface area contributed by atoms with E-state index in [2.05, 4.69) is 15.2 Å². The van der Waals surface area contributed by atoms with Gasteiger partial charge in [-0.3, -0.25) is 14.7 Å². The fourth-order valence-electron chi connectivity index (χ4n) is 5.82. The molecule has 5 rings (SSSR count). The molecule has 1 spiro atoms. The zero-order chi connectivity index (χ0) is 18.4. The molecule has 1 aromatic rings. The van der Waals surface area contributed by atoms with Crippen LogP contribution in [0.1, 0.15) is 41.6 Å². The van der Waals surface area contributed by atoms with E-state index < -0.39 is 0 Å². The predicted molar refractivity (Wildman–Crippen MR) is 101 cm³/mol. The lowest BCUT2D eigenvalue weighted by molar-refractivity contribution is -0.0122. The maximum atomic E-state index is 12.5. The summed E-state index contributed by atoms with van der Waals surface area (Å²) >= 11 is 0. The fourth-order valence-corrected chi connectivity index (χ4v) is 5.82. The second-order valence-electron chi connectivity index (χ2n) is 8.76. The van der Waals surface area contributed by atoms with Crippen molar-refractivity contribution < 1.29 is 14.3 Å². The van der Waals surface area contributed by atoms with Crippen molar-refractivity contribution in [3.63, 3.8) is 0 Å². The van der Waals surface area contributed by atoms with Crippen LogP contribution in [-0.4, -0.2) is 66.4 Å². The first-order valence-electron chi connectivity index (χ1n) is 10.3. The summed E-state index contributed by atoms with van der Waals surface area (Å²) in [5.74, 6) is 0.933. The summed E-state index contributed by atoms with van der Waals surface area (Å²) < 4.78 is 12.1. The number of amides is 1. The zero-order valence-electron chi connectivity index (χ0n) is 16.0. The number of nitrogens with zero attached hydrogens (tertiary/aromatic N) is 2. The Hall–Kier alpha value is -1.50. The molecule has 6 heteroatoms. The van der Waals surface area contributed by atoms with Gasteiger partial charge in [-0.25, -0.2) is 0 Å². The Bertz CT molecular complexity index is 720. The number of aromatic nitrogens is 1. The summed E-state index contributed by atoms with van der Waals surface area (Å²) in [4.78, 5) is 19.3. The largest absolute Gasteiger partial charge is 0.381 e. The molecule has 0 saturated carbocycles. The molecule has 1 amide bonds. The third kappa shape index (κ3) is 3.08. The van der Waals surface area contributed by atoms with E-state index in [0.29, 0.717) is 36.1 Å². The van der Waals surface area contributed by atoms with Crippen molar-refractivity contribution in [1.29, 1.82) is 0 Å². The van der Waals surface area contributed by atoms with Gasteiger partial charge in [0.15, 0.2) is 0 Å². The molecular weight excluding hydrogens is 342 g/mol. The van der Waals surface area contributed by atoms with Crippen molar-refractivity contribution in [3.8, 4) is 0 Å². The van der Waals surface area contributed by atoms with Gasteiger partial charge in [-0.05, 0) is 44.2 Å². The van der Waals surface area contributed by atoms with Gasteiger partial charge in [-0.2, -0.15) is 0 Å². The Morgan fingerprint density at radius 3 is 3.00 bits per heavy atom. The number of carbonyl (C=O) groups is 1. The average Bonchev–Trinajstić information content (AvgIpc) is 3.35. The highest BCUT2D eigenvalue weighted by Crippen LogP contribution is 2.55. The monoisotopic (exact) mass is 371 g/mol. The molecule has 4 aliphatic rings. The first kappa shape index (κ1) is 17.6. The molecule has 146 valence electrons. The van der Waals surface area contributed by atoms with E-state index in [1.165, 1.54) is 6.42 Å². The standard InChI is InChI=1S/C21H29N3O3/c1-14-8-15(10-22-9-14)20(25)23-11-17-18-12-24(16-3-6-26-7-4-16)13-21(18)5-2-19(17)27-21/h8-10,16-19H,2-7,11-13H2,1H3,(H,23,25)/t17-,18+,19+,21+/m0/s1. The second kappa shape index (κ2) is 6.83. The Labute approximate surface area is 160 Å². The van der Waals surface area contributed by atoms with E-state index in [1.807, 2.05) is 13.0 Å². The summed E-state index contributed by atoms with van der Waals surface area (Å²) in [6.45, 7) is 6.59. The normalized spacial score (nSPS) is 36.1. The van der Waals surface area contributed by atoms with Crippen molar-refractivity contribution in [3.05, 3.63) is 29.6 Å². The van der Waals surface area contributed by atoms with Gasteiger partial charge in [0.05, 0.1) is 17.3 Å². The lowest BCUT2D eigenvalue weighted by Crippen LogP contribution is -2.41. The number of aryl methyl sites for hydroxylation is 1. The van der Waals surface area contributed by atoms with Crippen molar-refractivity contribution in [1.82, 2.24) is 15.2 Å². The van der Waals surface area contributed by atoms with Crippen LogP contribution in [0.25, 0.3) is 0 Å². The molecule has 0 radical (unpaired) electrons. The van der Waals surface area contributed by atoms with E-state index in [0.717, 1.165) is 51.1 Å². The minimum absolute atomic E-state index is 0.0256. The molecule has 0 unspecified atom stereocenters. The molecule has 4 atom stereocenters. The molecule has 6 nitrogen and oxygen atoms in total. The lowest BCUT2D eigenvalue weighted by atomic mass is 9.73. The van der Waals surface area contributed by atoms with Crippen LogP contribution in [0.5, 0.6) is 0 Å². The molecule has 1 N–H and O–H groups in total. The lowest BCUT2D eigenvalue weighted by Gasteiger charge is -2.32. The number of ether oxygens (including phenoxy) is 2. The fraction of sp³-hybridized carbons (Fsp3) is 0.714. The van der Waals surface area contributed by atoms with Crippen LogP contribution in [0.3, 0.4) is 0 Å². The summed E-state index contributed by atoms with van der Waals surface area (Å²) in [5.41, 5.74) is 1.68. The summed E-state index contributed by atoms with van der Waals surface area (Å²) in [5, 5.41) is 3.16. The second-order valence-corrected chi connectivity index (χ2v) is 8.76. The van der Waals surface area contributed by atoms with Gasteiger partial charge >= 0.3 is 0 Å². The number of nitrogens with one attached hydrogen (secondary N) is 1. The van der Waals surface area contributed by atoms with Gasteiger partial charge in [0, 0.05) is 63.1 Å². The van der Waals surface area contributed by atoms with E-state index in [4.69, 9.17) is 9.47 Å². The van der Waals surface area contributed by atoms with E-state index >= 15 is 0 Å². The number of hydrogen-bond acceptors (Lipinski definition) is 5. The third-order valence-corrected chi connectivity index (χ3v) is 7.15. The van der Waals surface area contributed by atoms with Crippen molar-refractivity contribution >= 4 is 5.91 Å². The Morgan fingerprint density at radius 1 is 1.33 bits per heavy atom. The quantitative estimate of drug-likeness (QED) is 0.874. The van der Waals surface area contributed by atoms with Crippen LogP contribution in [0.15, 0.2) is 18.5 Å². The molecule has 0 aromatic carbocycles. The SMILES string of the molecule is Cc1cncc(C(=O)NC[C@H]2[C@H]3CN(C4CCOCC4)C[C@]34CC[C@H]2O4)c1. The Balaban J connectivity index is 1.25. The zero-order valence-corrected chi connectivity index (χ0v) is 16.0. The third-order valence-electron chi connectivity index (χ3n) is 7.15. The topological polar surface area (TPSA) is 63.7 Å². The van der Waals surface area contributed by atoms with Crippen LogP contribution in [0, 0.1) is 18.8 Å². The maximum Gasteiger partial charge on any atom is 0.252 e. The van der Waals surface area contributed by atoms with Gasteiger partial charge in [-0.15, -0.1) is 0 Å². The minimum atomic E-state index is -0.0256. The maximum absolute atomic E-state index is 12.5. The number of carbonyl (C=O) groups excluding carboxylic acids is 1. The molecule has 1 aromatic heterocycles. The number of rotatable bonds is 4. The molecule has 27 heavy (non-hydrogen) atoms. The molecule has 4 fully saturated rings. The molecular formula is C21H29N3O3. The first-order valence-corrected chi connectivity index (χ1v) is 10.3. The Morgan fingerprint density at radius 2 is 2.19 bits per heavy atom. The summed E-state index contributed by atoms with van der Waals surface area (Å²) in [7, 11) is 0. The van der Waals surface area contributed by atoms with Crippen molar-refractivity contribution in [2.24, 2.45) is 11.8 Å². The Kier molecular flexibility index (Phi) is 4.45. The van der Waals surface area contributed by atoms with Crippen LogP contribution in [-0.2, 0) is 9.47 Å². The highest BCUT2D eigenvalue weighted by atomic mass is 16.5. The number of likely N-dealkylation sites (tertiary alicyclic amines) is 1. The molecule has 4 saturated heterocycles. The van der Waals surface area contributed by atoms with E-state index in [1.54, 1.807) is 12.4 Å². The molecule has 4 aliphatic heterocycles. The van der Waals surface area contributed by atoms with Gasteiger partial charge in [-0.1, -0.05) is 0 Å². The summed E-state index contributed by atoms with van der Waals surface area (Å²) in [6, 6.07) is 2.53. The highest BCUT2D eigenvalue weighted by Gasteiger charge is 2.63. The van der Waals surface area contributed by atoms with Gasteiger partial charge in [0.25, 0.3) is 5.91 Å². The van der Waals surface area contributed by atoms with Gasteiger partial charge < -0.3 is 14.8 Å². The highest BCUT2D eigenvalue weighted by molar-refractivity contribution is 5.94. The predicted octanol–water partition coefficient (Wildman–Crippen LogP) is 1.78. The van der Waals surface area contributed by atoms with E-state index in [9.17, 15) is 4.79 Å². The van der Waals surface area contributed by atoms with Crippen molar-refractivity contribution in [2.75, 3.05) is 32.8 Å². The smallest absolute Gasteiger partial charge is 0.252 e.